The third kappa shape index (κ3) is 6.02. The van der Waals surface area contributed by atoms with Gasteiger partial charge in [-0.25, -0.2) is 0 Å². The Morgan fingerprint density at radius 3 is 1.74 bits per heavy atom. The summed E-state index contributed by atoms with van der Waals surface area (Å²) in [4.78, 5) is 16.7. The highest BCUT2D eigenvalue weighted by Gasteiger charge is 2.44. The molecule has 0 amide bonds. The summed E-state index contributed by atoms with van der Waals surface area (Å²) in [6.07, 6.45) is 0.971. The van der Waals surface area contributed by atoms with Crippen molar-refractivity contribution in [1.82, 2.24) is 4.98 Å². The van der Waals surface area contributed by atoms with Crippen LogP contribution in [0.15, 0.2) is 0 Å². The van der Waals surface area contributed by atoms with E-state index < -0.39 is 16.6 Å². The van der Waals surface area contributed by atoms with Gasteiger partial charge in [-0.15, -0.1) is 0 Å². The first kappa shape index (κ1) is 22.9. The second-order valence-corrected chi connectivity index (χ2v) is 19.8. The summed E-state index contributed by atoms with van der Waals surface area (Å²) < 4.78 is 6.11. The molecule has 0 fully saturated rings. The minimum absolute atomic E-state index is 0.0413. The molecule has 2 unspecified atom stereocenters. The second kappa shape index (κ2) is 7.40. The third-order valence-electron chi connectivity index (χ3n) is 6.02. The number of rotatable bonds is 6. The van der Waals surface area contributed by atoms with Gasteiger partial charge in [0.05, 0.1) is 0 Å². The van der Waals surface area contributed by atoms with Crippen molar-refractivity contribution < 1.29 is 9.22 Å². The fourth-order valence-corrected chi connectivity index (χ4v) is 4.29. The maximum Gasteiger partial charge on any atom is 0.309 e. The van der Waals surface area contributed by atoms with E-state index >= 15 is 0 Å². The molecule has 0 rings (SSSR count). The Morgan fingerprint density at radius 2 is 1.43 bits per heavy atom. The van der Waals surface area contributed by atoms with E-state index in [-0.39, 0.29) is 28.0 Å². The molecule has 0 bridgehead atoms. The molecule has 1 N–H and O–H groups in total. The maximum atomic E-state index is 13.0. The molecule has 0 aromatic heterocycles. The highest BCUT2D eigenvalue weighted by Crippen LogP contribution is 2.38. The van der Waals surface area contributed by atoms with Crippen molar-refractivity contribution in [3.05, 3.63) is 0 Å². The molecule has 0 aliphatic carbocycles. The molecule has 0 aromatic carbocycles. The average molecular weight is 360 g/mol. The van der Waals surface area contributed by atoms with Gasteiger partial charge in [-0.1, -0.05) is 74.9 Å². The van der Waals surface area contributed by atoms with Crippen molar-refractivity contribution >= 4 is 22.5 Å². The van der Waals surface area contributed by atoms with Crippen LogP contribution in [0.25, 0.3) is 0 Å². The molecule has 0 saturated carbocycles. The molecule has 5 heteroatoms. The van der Waals surface area contributed by atoms with Gasteiger partial charge in [0.15, 0.2) is 0 Å². The molecule has 0 aliphatic rings. The lowest BCUT2D eigenvalue weighted by atomic mass is 10.0. The third-order valence-corrected chi connectivity index (χ3v) is 15.1. The standard InChI is InChI=1S/C18H41NO2Si2/c1-13-14(2)15(19-22(9,10)17(3,4)5)16(20)21-23(11,12)18(6,7)8/h14-15,19H,13H2,1-12H3. The average Bonchev–Trinajstić information content (AvgIpc) is 2.31. The highest BCUT2D eigenvalue weighted by atomic mass is 28.4. The van der Waals surface area contributed by atoms with Gasteiger partial charge in [0.1, 0.15) is 14.3 Å². The Bertz CT molecular complexity index is 406. The minimum atomic E-state index is -2.08. The van der Waals surface area contributed by atoms with Crippen LogP contribution in [0.5, 0.6) is 0 Å². The summed E-state index contributed by atoms with van der Waals surface area (Å²) >= 11 is 0. The largest absolute Gasteiger partial charge is 0.518 e. The molecule has 0 aliphatic heterocycles. The Morgan fingerprint density at radius 1 is 1.00 bits per heavy atom. The molecule has 138 valence electrons. The van der Waals surface area contributed by atoms with Crippen LogP contribution in [-0.2, 0) is 9.22 Å². The van der Waals surface area contributed by atoms with Gasteiger partial charge in [-0.3, -0.25) is 4.79 Å². The predicted molar refractivity (Wildman–Crippen MR) is 107 cm³/mol. The fraction of sp³-hybridized carbons (Fsp3) is 0.944. The van der Waals surface area contributed by atoms with Gasteiger partial charge < -0.3 is 9.41 Å². The van der Waals surface area contributed by atoms with E-state index in [0.29, 0.717) is 0 Å². The van der Waals surface area contributed by atoms with E-state index in [1.807, 2.05) is 0 Å². The Balaban J connectivity index is 5.40. The summed E-state index contributed by atoms with van der Waals surface area (Å²) in [5, 5.41) is 0.232. The number of hydrogen-bond acceptors (Lipinski definition) is 3. The summed E-state index contributed by atoms with van der Waals surface area (Å²) in [5.41, 5.74) is 0. The quantitative estimate of drug-likeness (QED) is 0.632. The van der Waals surface area contributed by atoms with Crippen LogP contribution in [-0.4, -0.2) is 28.6 Å². The number of carbonyl (C=O) groups excluding carboxylic acids is 1. The van der Waals surface area contributed by atoms with Gasteiger partial charge in [0.2, 0.25) is 0 Å². The zero-order valence-corrected chi connectivity index (χ0v) is 19.7. The van der Waals surface area contributed by atoms with Gasteiger partial charge >= 0.3 is 5.97 Å². The Labute approximate surface area is 147 Å². The first-order valence-corrected chi connectivity index (χ1v) is 14.9. The Hall–Kier alpha value is -0.136. The monoisotopic (exact) mass is 359 g/mol. The van der Waals surface area contributed by atoms with Crippen molar-refractivity contribution in [3.8, 4) is 0 Å². The predicted octanol–water partition coefficient (Wildman–Crippen LogP) is 5.54. The van der Waals surface area contributed by atoms with Crippen molar-refractivity contribution in [2.45, 2.75) is 104 Å². The van der Waals surface area contributed by atoms with Gasteiger partial charge in [0, 0.05) is 0 Å². The molecule has 0 heterocycles. The number of hydrogen-bond donors (Lipinski definition) is 1. The zero-order valence-electron chi connectivity index (χ0n) is 17.7. The van der Waals surface area contributed by atoms with Crippen LogP contribution in [0.1, 0.15) is 61.8 Å². The van der Waals surface area contributed by atoms with Crippen LogP contribution in [0.4, 0.5) is 0 Å². The SMILES string of the molecule is CCC(C)C(N[Si](C)(C)C(C)(C)C)C(=O)O[Si](C)(C)C(C)(C)C. The summed E-state index contributed by atoms with van der Waals surface area (Å²) in [6, 6.07) is -0.199. The smallest absolute Gasteiger partial charge is 0.309 e. The Kier molecular flexibility index (Phi) is 7.36. The molecular formula is C18H41NO2Si2. The summed E-state index contributed by atoms with van der Waals surface area (Å²) in [6.45, 7) is 26.5. The topological polar surface area (TPSA) is 38.3 Å². The molecule has 0 spiro atoms. The first-order chi connectivity index (χ1) is 9.96. The van der Waals surface area contributed by atoms with Crippen molar-refractivity contribution in [2.24, 2.45) is 5.92 Å². The lowest BCUT2D eigenvalue weighted by molar-refractivity contribution is -0.138. The molecule has 0 aromatic rings. The van der Waals surface area contributed by atoms with E-state index in [4.69, 9.17) is 4.43 Å². The fourth-order valence-electron chi connectivity index (χ4n) is 1.74. The van der Waals surface area contributed by atoms with E-state index in [2.05, 4.69) is 86.6 Å². The van der Waals surface area contributed by atoms with Crippen molar-refractivity contribution in [1.29, 1.82) is 0 Å². The van der Waals surface area contributed by atoms with Crippen LogP contribution in [0.2, 0.25) is 36.3 Å². The van der Waals surface area contributed by atoms with Gasteiger partial charge in [0.25, 0.3) is 8.32 Å². The van der Waals surface area contributed by atoms with E-state index in [1.165, 1.54) is 0 Å². The van der Waals surface area contributed by atoms with E-state index in [1.54, 1.807) is 0 Å². The minimum Gasteiger partial charge on any atom is -0.518 e. The molecule has 3 nitrogen and oxygen atoms in total. The van der Waals surface area contributed by atoms with Crippen LogP contribution in [0, 0.1) is 5.92 Å². The molecule has 2 atom stereocenters. The van der Waals surface area contributed by atoms with Crippen LogP contribution >= 0.6 is 0 Å². The number of carbonyl (C=O) groups is 1. The van der Waals surface area contributed by atoms with Crippen LogP contribution < -0.4 is 4.98 Å². The summed E-state index contributed by atoms with van der Waals surface area (Å²) in [7, 11) is -3.85. The molecular weight excluding hydrogens is 318 g/mol. The van der Waals surface area contributed by atoms with Gasteiger partial charge in [-0.2, -0.15) is 0 Å². The molecule has 0 radical (unpaired) electrons. The maximum absolute atomic E-state index is 13.0. The summed E-state index contributed by atoms with van der Waals surface area (Å²) in [5.74, 6) is 0.233. The van der Waals surface area contributed by atoms with Gasteiger partial charge in [-0.05, 0) is 29.1 Å². The zero-order chi connectivity index (χ0) is 18.9. The highest BCUT2D eigenvalue weighted by molar-refractivity contribution is 6.78. The van der Waals surface area contributed by atoms with Crippen LogP contribution in [0.3, 0.4) is 0 Å². The van der Waals surface area contributed by atoms with Crippen molar-refractivity contribution in [2.75, 3.05) is 0 Å². The molecule has 0 saturated heterocycles. The normalized spacial score (nSPS) is 16.9. The second-order valence-electron chi connectivity index (χ2n) is 10.1. The lowest BCUT2D eigenvalue weighted by Crippen LogP contribution is -2.61. The van der Waals surface area contributed by atoms with E-state index in [9.17, 15) is 4.79 Å². The lowest BCUT2D eigenvalue weighted by Gasteiger charge is -2.43. The van der Waals surface area contributed by atoms with Crippen molar-refractivity contribution in [3.63, 3.8) is 0 Å². The van der Waals surface area contributed by atoms with E-state index in [0.717, 1.165) is 6.42 Å². The molecule has 23 heavy (non-hydrogen) atoms. The first-order valence-electron chi connectivity index (χ1n) is 8.97. The number of nitrogens with one attached hydrogen (secondary N) is 1.